The summed E-state index contributed by atoms with van der Waals surface area (Å²) in [6.45, 7) is -0.324. The van der Waals surface area contributed by atoms with Crippen LogP contribution in [0.15, 0.2) is 53.6 Å². The van der Waals surface area contributed by atoms with Crippen molar-refractivity contribution in [1.29, 1.82) is 0 Å². The molecule has 0 unspecified atom stereocenters. The third-order valence-electron chi connectivity index (χ3n) is 2.92. The van der Waals surface area contributed by atoms with Gasteiger partial charge in [0.1, 0.15) is 5.75 Å². The monoisotopic (exact) mass is 344 g/mol. The minimum Gasteiger partial charge on any atom is -0.484 e. The number of hydrazone groups is 1. The van der Waals surface area contributed by atoms with E-state index in [1.54, 1.807) is 0 Å². The van der Waals surface area contributed by atoms with Crippen LogP contribution in [0.25, 0.3) is 0 Å². The molecule has 2 rings (SSSR count). The number of nitro benzene ring substituents is 2. The maximum absolute atomic E-state index is 11.6. The molecule has 0 aliphatic rings. The van der Waals surface area contributed by atoms with Crippen LogP contribution in [0.1, 0.15) is 5.56 Å². The summed E-state index contributed by atoms with van der Waals surface area (Å²) in [6, 6.07) is 10.9. The predicted molar refractivity (Wildman–Crippen MR) is 87.4 cm³/mol. The summed E-state index contributed by atoms with van der Waals surface area (Å²) in [7, 11) is 0. The summed E-state index contributed by atoms with van der Waals surface area (Å²) in [4.78, 5) is 31.6. The Morgan fingerprint density at radius 2 is 1.52 bits per heavy atom. The molecule has 0 aromatic heterocycles. The van der Waals surface area contributed by atoms with Crippen molar-refractivity contribution in [2.45, 2.75) is 0 Å². The first kappa shape index (κ1) is 17.5. The Bertz CT molecular complexity index is 802. The molecule has 1 amide bonds. The first-order valence-electron chi connectivity index (χ1n) is 6.89. The molecule has 2 aromatic rings. The molecular weight excluding hydrogens is 332 g/mol. The Hall–Kier alpha value is -3.82. The predicted octanol–water partition coefficient (Wildman–Crippen LogP) is 2.03. The average molecular weight is 344 g/mol. The number of benzene rings is 2. The van der Waals surface area contributed by atoms with E-state index in [9.17, 15) is 25.0 Å². The Balaban J connectivity index is 1.80. The molecular formula is C15H12N4O6. The van der Waals surface area contributed by atoms with E-state index in [1.165, 1.54) is 54.7 Å². The quantitative estimate of drug-likeness (QED) is 0.463. The Kier molecular flexibility index (Phi) is 5.72. The molecule has 10 heteroatoms. The van der Waals surface area contributed by atoms with Crippen molar-refractivity contribution in [1.82, 2.24) is 5.43 Å². The lowest BCUT2D eigenvalue weighted by atomic mass is 10.2. The van der Waals surface area contributed by atoms with E-state index in [0.717, 1.165) is 0 Å². The summed E-state index contributed by atoms with van der Waals surface area (Å²) >= 11 is 0. The van der Waals surface area contributed by atoms with Crippen molar-refractivity contribution >= 4 is 23.5 Å². The fourth-order valence-corrected chi connectivity index (χ4v) is 1.71. The van der Waals surface area contributed by atoms with Gasteiger partial charge in [0.25, 0.3) is 17.3 Å². The van der Waals surface area contributed by atoms with Crippen LogP contribution in [-0.4, -0.2) is 28.6 Å². The lowest BCUT2D eigenvalue weighted by Gasteiger charge is -2.04. The molecule has 0 saturated carbocycles. The van der Waals surface area contributed by atoms with Crippen LogP contribution in [0.3, 0.4) is 0 Å². The summed E-state index contributed by atoms with van der Waals surface area (Å²) in [6.07, 6.45) is 1.33. The van der Waals surface area contributed by atoms with Crippen molar-refractivity contribution in [2.75, 3.05) is 6.61 Å². The standard InChI is InChI=1S/C15H12N4O6/c20-15(10-25-14-7-5-13(6-8-14)19(23)24)17-16-9-11-1-3-12(4-2-11)18(21)22/h1-9H,10H2,(H,17,20). The molecule has 0 atom stereocenters. The molecule has 0 saturated heterocycles. The number of carbonyl (C=O) groups is 1. The zero-order valence-electron chi connectivity index (χ0n) is 12.7. The Labute approximate surface area is 141 Å². The van der Waals surface area contributed by atoms with E-state index < -0.39 is 15.8 Å². The highest BCUT2D eigenvalue weighted by molar-refractivity contribution is 5.83. The molecule has 0 spiro atoms. The smallest absolute Gasteiger partial charge is 0.277 e. The van der Waals surface area contributed by atoms with Crippen LogP contribution in [-0.2, 0) is 4.79 Å². The number of amides is 1. The van der Waals surface area contributed by atoms with Crippen molar-refractivity contribution in [3.05, 3.63) is 74.3 Å². The highest BCUT2D eigenvalue weighted by atomic mass is 16.6. The van der Waals surface area contributed by atoms with E-state index in [0.29, 0.717) is 11.3 Å². The van der Waals surface area contributed by atoms with Gasteiger partial charge in [-0.25, -0.2) is 5.43 Å². The SMILES string of the molecule is O=C(COc1ccc([N+](=O)[O-])cc1)NN=Cc1ccc([N+](=O)[O-])cc1. The first-order valence-corrected chi connectivity index (χ1v) is 6.89. The summed E-state index contributed by atoms with van der Waals surface area (Å²) < 4.78 is 5.16. The van der Waals surface area contributed by atoms with Gasteiger partial charge in [-0.1, -0.05) is 0 Å². The number of carbonyl (C=O) groups excluding carboxylic acids is 1. The van der Waals surface area contributed by atoms with Gasteiger partial charge in [0, 0.05) is 24.3 Å². The van der Waals surface area contributed by atoms with E-state index in [2.05, 4.69) is 10.5 Å². The van der Waals surface area contributed by atoms with Crippen molar-refractivity contribution in [3.63, 3.8) is 0 Å². The van der Waals surface area contributed by atoms with Crippen molar-refractivity contribution < 1.29 is 19.4 Å². The summed E-state index contributed by atoms with van der Waals surface area (Å²) in [5.41, 5.74) is 2.68. The van der Waals surface area contributed by atoms with Gasteiger partial charge < -0.3 is 4.74 Å². The average Bonchev–Trinajstić information content (AvgIpc) is 2.60. The number of nitrogens with zero attached hydrogens (tertiary/aromatic N) is 3. The van der Waals surface area contributed by atoms with E-state index in [1.807, 2.05) is 0 Å². The van der Waals surface area contributed by atoms with Crippen LogP contribution < -0.4 is 10.2 Å². The topological polar surface area (TPSA) is 137 Å². The van der Waals surface area contributed by atoms with Gasteiger partial charge >= 0.3 is 0 Å². The van der Waals surface area contributed by atoms with E-state index in [-0.39, 0.29) is 18.0 Å². The number of nitro groups is 2. The highest BCUT2D eigenvalue weighted by Crippen LogP contribution is 2.17. The number of non-ortho nitro benzene ring substituents is 2. The molecule has 0 bridgehead atoms. The maximum atomic E-state index is 11.6. The molecule has 10 nitrogen and oxygen atoms in total. The Morgan fingerprint density at radius 1 is 1.00 bits per heavy atom. The molecule has 128 valence electrons. The molecule has 1 N–H and O–H groups in total. The molecule has 0 aliphatic heterocycles. The fraction of sp³-hybridized carbons (Fsp3) is 0.0667. The second-order valence-electron chi connectivity index (χ2n) is 4.68. The number of hydrogen-bond acceptors (Lipinski definition) is 7. The van der Waals surface area contributed by atoms with Gasteiger partial charge in [-0.15, -0.1) is 0 Å². The van der Waals surface area contributed by atoms with Crippen LogP contribution in [0.5, 0.6) is 5.75 Å². The largest absolute Gasteiger partial charge is 0.484 e. The number of rotatable bonds is 7. The van der Waals surface area contributed by atoms with E-state index >= 15 is 0 Å². The minimum atomic E-state index is -0.538. The third-order valence-corrected chi connectivity index (χ3v) is 2.92. The molecule has 0 fully saturated rings. The molecule has 2 aromatic carbocycles. The van der Waals surface area contributed by atoms with Crippen molar-refractivity contribution in [3.8, 4) is 5.75 Å². The lowest BCUT2D eigenvalue weighted by molar-refractivity contribution is -0.385. The third kappa shape index (κ3) is 5.39. The van der Waals surface area contributed by atoms with Gasteiger partial charge in [-0.2, -0.15) is 5.10 Å². The highest BCUT2D eigenvalue weighted by Gasteiger charge is 2.06. The number of nitrogens with one attached hydrogen (secondary N) is 1. The van der Waals surface area contributed by atoms with Gasteiger partial charge in [-0.05, 0) is 29.8 Å². The van der Waals surface area contributed by atoms with Crippen LogP contribution in [0, 0.1) is 20.2 Å². The van der Waals surface area contributed by atoms with Crippen LogP contribution in [0.4, 0.5) is 11.4 Å². The van der Waals surface area contributed by atoms with E-state index in [4.69, 9.17) is 4.74 Å². The summed E-state index contributed by atoms with van der Waals surface area (Å²) in [5, 5.41) is 24.7. The van der Waals surface area contributed by atoms with Crippen molar-refractivity contribution in [2.24, 2.45) is 5.10 Å². The second kappa shape index (κ2) is 8.15. The van der Waals surface area contributed by atoms with Crippen LogP contribution >= 0.6 is 0 Å². The number of ether oxygens (including phenoxy) is 1. The first-order chi connectivity index (χ1) is 12.0. The second-order valence-corrected chi connectivity index (χ2v) is 4.68. The minimum absolute atomic E-state index is 0.0438. The zero-order valence-corrected chi connectivity index (χ0v) is 12.7. The normalized spacial score (nSPS) is 10.4. The zero-order chi connectivity index (χ0) is 18.2. The molecule has 0 heterocycles. The van der Waals surface area contributed by atoms with Gasteiger partial charge in [0.15, 0.2) is 6.61 Å². The van der Waals surface area contributed by atoms with Gasteiger partial charge in [0.2, 0.25) is 0 Å². The fourth-order valence-electron chi connectivity index (χ4n) is 1.71. The molecule has 0 aliphatic carbocycles. The van der Waals surface area contributed by atoms with Gasteiger partial charge in [-0.3, -0.25) is 25.0 Å². The maximum Gasteiger partial charge on any atom is 0.277 e. The number of hydrogen-bond donors (Lipinski definition) is 1. The molecule has 25 heavy (non-hydrogen) atoms. The van der Waals surface area contributed by atoms with Gasteiger partial charge in [0.05, 0.1) is 16.1 Å². The van der Waals surface area contributed by atoms with Crippen LogP contribution in [0.2, 0.25) is 0 Å². The Morgan fingerprint density at radius 3 is 2.04 bits per heavy atom. The summed E-state index contributed by atoms with van der Waals surface area (Å²) in [5.74, 6) is -0.225. The lowest BCUT2D eigenvalue weighted by Crippen LogP contribution is -2.24. The molecule has 0 radical (unpaired) electrons.